The Labute approximate surface area is 215 Å². The Morgan fingerprint density at radius 2 is 2.05 bits per heavy atom. The Balaban J connectivity index is 1.35. The smallest absolute Gasteiger partial charge is 0.323 e. The Hall–Kier alpha value is -4.30. The zero-order chi connectivity index (χ0) is 26.3. The summed E-state index contributed by atoms with van der Waals surface area (Å²) in [6.45, 7) is -0.236. The van der Waals surface area contributed by atoms with Crippen LogP contribution in [0.1, 0.15) is 18.4 Å². The summed E-state index contributed by atoms with van der Waals surface area (Å²) in [5, 5.41) is 14.7. The zero-order valence-corrected chi connectivity index (χ0v) is 20.2. The number of benzene rings is 2. The van der Waals surface area contributed by atoms with Crippen LogP contribution < -0.4 is 21.1 Å². The van der Waals surface area contributed by atoms with Gasteiger partial charge in [0.1, 0.15) is 23.7 Å². The molecule has 5 rings (SSSR count). The lowest BCUT2D eigenvalue weighted by Gasteiger charge is -2.27. The Kier molecular flexibility index (Phi) is 6.35. The number of carbonyl (C=O) groups excluding carboxylic acids is 3. The number of nitrogens with one attached hydrogen (secondary N) is 2. The monoisotopic (exact) mass is 524 g/mol. The minimum absolute atomic E-state index is 0.0360. The molecule has 3 atom stereocenters. The fraction of sp³-hybridized carbons (Fsp3) is 0.280. The van der Waals surface area contributed by atoms with Gasteiger partial charge in [-0.15, -0.1) is 0 Å². The summed E-state index contributed by atoms with van der Waals surface area (Å²) in [4.78, 5) is 39.8. The topological polar surface area (TPSA) is 142 Å². The number of amides is 4. The van der Waals surface area contributed by atoms with Gasteiger partial charge in [-0.05, 0) is 43.0 Å². The van der Waals surface area contributed by atoms with Gasteiger partial charge in [-0.2, -0.15) is 5.26 Å². The van der Waals surface area contributed by atoms with E-state index >= 15 is 0 Å². The minimum atomic E-state index is -0.745. The maximum Gasteiger partial charge on any atom is 0.323 e. The van der Waals surface area contributed by atoms with Crippen LogP contribution in [0.5, 0.6) is 5.75 Å². The molecule has 2 fully saturated rings. The number of urea groups is 1. The van der Waals surface area contributed by atoms with Crippen molar-refractivity contribution in [3.63, 3.8) is 0 Å². The molecule has 1 saturated carbocycles. The number of nitrogens with two attached hydrogens (primary N) is 1. The molecule has 1 aliphatic heterocycles. The summed E-state index contributed by atoms with van der Waals surface area (Å²) in [5.74, 6) is -0.408. The van der Waals surface area contributed by atoms with Crippen LogP contribution in [-0.4, -0.2) is 46.1 Å². The van der Waals surface area contributed by atoms with Gasteiger partial charge in [0.05, 0.1) is 16.2 Å². The molecular formula is C25H22ClFN6O4. The average molecular weight is 525 g/mol. The van der Waals surface area contributed by atoms with Crippen LogP contribution in [0.2, 0.25) is 5.02 Å². The summed E-state index contributed by atoms with van der Waals surface area (Å²) in [5.41, 5.74) is 6.48. The first-order valence-corrected chi connectivity index (χ1v) is 11.9. The minimum Gasteiger partial charge on any atom is -0.479 e. The summed E-state index contributed by atoms with van der Waals surface area (Å²) in [6.07, 6.45) is 2.68. The molecule has 0 unspecified atom stereocenters. The van der Waals surface area contributed by atoms with Crippen molar-refractivity contribution in [2.45, 2.75) is 31.5 Å². The molecule has 1 saturated heterocycles. The quantitative estimate of drug-likeness (QED) is 0.452. The first-order chi connectivity index (χ1) is 17.8. The number of anilines is 1. The number of ether oxygens (including phenoxy) is 1. The molecule has 2 aliphatic rings. The predicted molar refractivity (Wildman–Crippen MR) is 132 cm³/mol. The largest absolute Gasteiger partial charge is 0.479 e. The van der Waals surface area contributed by atoms with Crippen LogP contribution in [-0.2, 0) is 11.3 Å². The number of nitriles is 1. The molecule has 1 aliphatic carbocycles. The Bertz CT molecular complexity index is 1470. The van der Waals surface area contributed by atoms with E-state index in [0.717, 1.165) is 6.42 Å². The van der Waals surface area contributed by atoms with Crippen molar-refractivity contribution < 1.29 is 23.5 Å². The van der Waals surface area contributed by atoms with Crippen molar-refractivity contribution in [3.8, 4) is 11.8 Å². The Morgan fingerprint density at radius 1 is 1.24 bits per heavy atom. The standard InChI is InChI=1S/C25H22ClFN6O4/c26-17-3-1-2-13(22(17)27)11-30-23(34)21-9-14-8-20(14)33(21)25(36)31-18-12-32(24(29)35)19-5-4-15(10-16(18)19)37-7-6-28/h1-5,10,12,14,20-21H,7-9,11H2,(H2,29,35)(H,30,34)(H,31,36)/t14-,20-,21+/m1/s1. The third kappa shape index (κ3) is 4.63. The van der Waals surface area contributed by atoms with Crippen molar-refractivity contribution in [2.24, 2.45) is 11.7 Å². The first kappa shape index (κ1) is 24.4. The number of likely N-dealkylation sites (tertiary alicyclic amines) is 1. The lowest BCUT2D eigenvalue weighted by atomic mass is 10.1. The van der Waals surface area contributed by atoms with Crippen molar-refractivity contribution in [1.29, 1.82) is 5.26 Å². The maximum absolute atomic E-state index is 14.2. The van der Waals surface area contributed by atoms with Crippen LogP contribution in [0.25, 0.3) is 10.9 Å². The van der Waals surface area contributed by atoms with Gasteiger partial charge in [0.15, 0.2) is 6.61 Å². The number of hydrogen-bond donors (Lipinski definition) is 3. The fourth-order valence-electron chi connectivity index (χ4n) is 4.84. The van der Waals surface area contributed by atoms with Gasteiger partial charge in [0.25, 0.3) is 0 Å². The molecule has 2 aromatic carbocycles. The van der Waals surface area contributed by atoms with Crippen LogP contribution in [0.3, 0.4) is 0 Å². The fourth-order valence-corrected chi connectivity index (χ4v) is 5.04. The average Bonchev–Trinajstić information content (AvgIpc) is 3.39. The number of nitrogens with zero attached hydrogens (tertiary/aromatic N) is 3. The van der Waals surface area contributed by atoms with Gasteiger partial charge in [-0.1, -0.05) is 23.7 Å². The van der Waals surface area contributed by atoms with Crippen LogP contribution >= 0.6 is 11.6 Å². The number of carbonyl (C=O) groups is 3. The molecule has 0 spiro atoms. The number of piperidine rings is 1. The third-order valence-corrected chi connectivity index (χ3v) is 6.98. The molecule has 1 aromatic heterocycles. The van der Waals surface area contributed by atoms with Crippen molar-refractivity contribution in [2.75, 3.05) is 11.9 Å². The molecule has 190 valence electrons. The van der Waals surface area contributed by atoms with Crippen molar-refractivity contribution in [1.82, 2.24) is 14.8 Å². The van der Waals surface area contributed by atoms with E-state index < -0.39 is 29.8 Å². The number of halogens is 2. The van der Waals surface area contributed by atoms with E-state index in [9.17, 15) is 18.8 Å². The van der Waals surface area contributed by atoms with Gasteiger partial charge >= 0.3 is 12.1 Å². The highest BCUT2D eigenvalue weighted by Crippen LogP contribution is 2.48. The number of primary amides is 1. The summed E-state index contributed by atoms with van der Waals surface area (Å²) >= 11 is 5.82. The first-order valence-electron chi connectivity index (χ1n) is 11.5. The second-order valence-electron chi connectivity index (χ2n) is 8.96. The van der Waals surface area contributed by atoms with Crippen LogP contribution in [0.4, 0.5) is 19.7 Å². The molecule has 0 bridgehead atoms. The molecule has 4 N–H and O–H groups in total. The zero-order valence-electron chi connectivity index (χ0n) is 19.4. The lowest BCUT2D eigenvalue weighted by molar-refractivity contribution is -0.125. The third-order valence-electron chi connectivity index (χ3n) is 6.68. The predicted octanol–water partition coefficient (Wildman–Crippen LogP) is 3.57. The second-order valence-corrected chi connectivity index (χ2v) is 9.37. The maximum atomic E-state index is 14.2. The van der Waals surface area contributed by atoms with E-state index in [-0.39, 0.29) is 35.7 Å². The second kappa shape index (κ2) is 9.63. The highest BCUT2D eigenvalue weighted by atomic mass is 35.5. The van der Waals surface area contributed by atoms with Crippen LogP contribution in [0.15, 0.2) is 42.6 Å². The summed E-state index contributed by atoms with van der Waals surface area (Å²) < 4.78 is 20.7. The van der Waals surface area contributed by atoms with Crippen LogP contribution in [0, 0.1) is 23.1 Å². The normalized spacial score (nSPS) is 19.7. The highest BCUT2D eigenvalue weighted by Gasteiger charge is 2.56. The number of hydrogen-bond acceptors (Lipinski definition) is 5. The van der Waals surface area contributed by atoms with Gasteiger partial charge in [0.2, 0.25) is 5.91 Å². The molecule has 10 nitrogen and oxygen atoms in total. The number of aromatic nitrogens is 1. The summed E-state index contributed by atoms with van der Waals surface area (Å²) in [6, 6.07) is 9.13. The number of rotatable bonds is 6. The van der Waals surface area contributed by atoms with Gasteiger partial charge in [0, 0.05) is 29.7 Å². The molecule has 3 aromatic rings. The highest BCUT2D eigenvalue weighted by molar-refractivity contribution is 6.30. The lowest BCUT2D eigenvalue weighted by Crippen LogP contribution is -2.49. The van der Waals surface area contributed by atoms with E-state index in [0.29, 0.717) is 28.8 Å². The molecule has 0 radical (unpaired) electrons. The molecular weight excluding hydrogens is 503 g/mol. The van der Waals surface area contributed by atoms with E-state index in [1.165, 1.54) is 27.8 Å². The molecule has 2 heterocycles. The molecule has 4 amide bonds. The molecule has 12 heteroatoms. The van der Waals surface area contributed by atoms with E-state index in [4.69, 9.17) is 27.3 Å². The SMILES string of the molecule is N#CCOc1ccc2c(c1)c(NC(=O)N1[C@@H]3C[C@@H]3C[C@H]1C(=O)NCc1cccc(Cl)c1F)cn2C(N)=O. The summed E-state index contributed by atoms with van der Waals surface area (Å²) in [7, 11) is 0. The van der Waals surface area contributed by atoms with E-state index in [1.54, 1.807) is 24.3 Å². The number of fused-ring (bicyclic) bond motifs is 2. The Morgan fingerprint density at radius 3 is 2.81 bits per heavy atom. The molecule has 37 heavy (non-hydrogen) atoms. The van der Waals surface area contributed by atoms with E-state index in [2.05, 4.69) is 10.6 Å². The van der Waals surface area contributed by atoms with Crippen molar-refractivity contribution in [3.05, 3.63) is 59.0 Å². The van der Waals surface area contributed by atoms with Gasteiger partial charge in [-0.25, -0.2) is 14.0 Å². The van der Waals surface area contributed by atoms with Gasteiger partial charge in [-0.3, -0.25) is 9.36 Å². The van der Waals surface area contributed by atoms with E-state index in [1.807, 2.05) is 6.07 Å². The van der Waals surface area contributed by atoms with Gasteiger partial charge < -0.3 is 26.0 Å². The van der Waals surface area contributed by atoms with Crippen molar-refractivity contribution >= 4 is 46.2 Å².